The molecule has 0 fully saturated rings. The molecule has 2 aromatic heterocycles. The van der Waals surface area contributed by atoms with Crippen LogP contribution in [0.4, 0.5) is 10.2 Å². The van der Waals surface area contributed by atoms with Gasteiger partial charge in [-0.1, -0.05) is 22.7 Å². The summed E-state index contributed by atoms with van der Waals surface area (Å²) in [5, 5.41) is 2.73. The minimum absolute atomic E-state index is 0.0733. The third-order valence-corrected chi connectivity index (χ3v) is 5.39. The van der Waals surface area contributed by atoms with Crippen LogP contribution in [0.2, 0.25) is 0 Å². The summed E-state index contributed by atoms with van der Waals surface area (Å²) >= 11 is 1.58. The Morgan fingerprint density at radius 2 is 2.07 bits per heavy atom. The highest BCUT2D eigenvalue weighted by Crippen LogP contribution is 2.28. The van der Waals surface area contributed by atoms with Crippen molar-refractivity contribution >= 4 is 28.8 Å². The first-order chi connectivity index (χ1) is 14.0. The fourth-order valence-corrected chi connectivity index (χ4v) is 3.69. The first-order valence-corrected chi connectivity index (χ1v) is 10.1. The van der Waals surface area contributed by atoms with E-state index in [9.17, 15) is 0 Å². The number of halogens is 1. The van der Waals surface area contributed by atoms with Crippen LogP contribution in [0.5, 0.6) is 0 Å². The Morgan fingerprint density at radius 1 is 1.24 bits per heavy atom. The largest absolute Gasteiger partial charge is 0.404 e. The van der Waals surface area contributed by atoms with Gasteiger partial charge in [-0.15, -0.1) is 11.3 Å². The molecule has 2 heterocycles. The Labute approximate surface area is 174 Å². The topological polar surface area (TPSA) is 80.5 Å². The lowest BCUT2D eigenvalue weighted by Gasteiger charge is -2.18. The fraction of sp³-hybridized carbons (Fsp3) is 0.182. The average Bonchev–Trinajstić information content (AvgIpc) is 3.27. The zero-order chi connectivity index (χ0) is 20.8. The molecule has 150 valence electrons. The maximum Gasteiger partial charge on any atom is 0.0812 e. The highest BCUT2D eigenvalue weighted by atomic mass is 32.1. The molecule has 0 atom stereocenters. The van der Waals surface area contributed by atoms with Crippen LogP contribution in [0, 0.1) is 6.92 Å². The molecule has 0 aliphatic heterocycles. The molecular formula is C22H24FN5S. The summed E-state index contributed by atoms with van der Waals surface area (Å²) in [6.45, 7) is 2.32. The molecule has 0 unspecified atom stereocenters. The molecule has 0 saturated heterocycles. The fourth-order valence-electron chi connectivity index (χ4n) is 3.00. The van der Waals surface area contributed by atoms with E-state index in [1.165, 1.54) is 6.20 Å². The number of nitrogens with zero attached hydrogens (tertiary/aromatic N) is 3. The van der Waals surface area contributed by atoms with Gasteiger partial charge in [0.25, 0.3) is 0 Å². The molecule has 4 N–H and O–H groups in total. The molecule has 0 amide bonds. The van der Waals surface area contributed by atoms with Gasteiger partial charge in [0.1, 0.15) is 0 Å². The average molecular weight is 410 g/mol. The molecule has 29 heavy (non-hydrogen) atoms. The lowest BCUT2D eigenvalue weighted by Crippen LogP contribution is -2.14. The lowest BCUT2D eigenvalue weighted by molar-refractivity contribution is 0.428. The lowest BCUT2D eigenvalue weighted by atomic mass is 10.1. The van der Waals surface area contributed by atoms with E-state index >= 15 is 4.48 Å². The van der Waals surface area contributed by atoms with Crippen LogP contribution >= 0.6 is 11.3 Å². The number of allylic oxidation sites excluding steroid dienone is 1. The standard InChI is InChI=1S/C22H24FN5S/c1-15-5-6-16(11-24)10-21(15)28(23)14-17-8-19(18(12-25)13-26-2)27-20(9-17)22-4-3-7-29-22/h3-10,12-13H,11,14,24-25H2,1-2H3. The number of aliphatic imine (C=N–C) groups is 1. The van der Waals surface area contributed by atoms with Crippen molar-refractivity contribution in [3.8, 4) is 10.6 Å². The minimum Gasteiger partial charge on any atom is -0.404 e. The zero-order valence-electron chi connectivity index (χ0n) is 16.5. The van der Waals surface area contributed by atoms with E-state index in [2.05, 4.69) is 4.99 Å². The number of rotatable bonds is 7. The van der Waals surface area contributed by atoms with Crippen LogP contribution in [0.3, 0.4) is 0 Å². The number of hydrogen-bond acceptors (Lipinski definition) is 6. The molecule has 0 spiro atoms. The van der Waals surface area contributed by atoms with Crippen molar-refractivity contribution in [1.82, 2.24) is 4.98 Å². The molecule has 0 bridgehead atoms. The van der Waals surface area contributed by atoms with Gasteiger partial charge in [0.05, 0.1) is 28.5 Å². The second-order valence-electron chi connectivity index (χ2n) is 6.58. The van der Waals surface area contributed by atoms with E-state index in [-0.39, 0.29) is 6.54 Å². The molecule has 5 nitrogen and oxygen atoms in total. The quantitative estimate of drug-likeness (QED) is 0.446. The first-order valence-electron chi connectivity index (χ1n) is 9.18. The van der Waals surface area contributed by atoms with Gasteiger partial charge in [-0.05, 0) is 53.3 Å². The highest BCUT2D eigenvalue weighted by Gasteiger charge is 2.14. The number of anilines is 1. The molecule has 1 aromatic carbocycles. The van der Waals surface area contributed by atoms with Gasteiger partial charge in [-0.3, -0.25) is 4.99 Å². The van der Waals surface area contributed by atoms with Gasteiger partial charge in [-0.2, -0.15) is 0 Å². The summed E-state index contributed by atoms with van der Waals surface area (Å²) in [6, 6.07) is 13.3. The molecular weight excluding hydrogens is 385 g/mol. The van der Waals surface area contributed by atoms with Crippen LogP contribution in [-0.4, -0.2) is 18.2 Å². The SMILES string of the molecule is CN=CC(=CN)c1cc(CN(F)c2cc(CN)ccc2C)cc(-c2cccs2)n1. The molecule has 3 rings (SSSR count). The Hall–Kier alpha value is -3.03. The molecule has 0 radical (unpaired) electrons. The van der Waals surface area contributed by atoms with Crippen molar-refractivity contribution < 1.29 is 4.48 Å². The van der Waals surface area contributed by atoms with Crippen molar-refractivity contribution in [3.63, 3.8) is 0 Å². The molecule has 0 aliphatic carbocycles. The summed E-state index contributed by atoms with van der Waals surface area (Å²) in [6.07, 6.45) is 3.10. The van der Waals surface area contributed by atoms with Gasteiger partial charge in [0, 0.05) is 31.6 Å². The van der Waals surface area contributed by atoms with Gasteiger partial charge < -0.3 is 11.5 Å². The monoisotopic (exact) mass is 409 g/mol. The maximum atomic E-state index is 15.1. The summed E-state index contributed by atoms with van der Waals surface area (Å²) in [4.78, 5) is 9.75. The minimum atomic E-state index is 0.0733. The Morgan fingerprint density at radius 3 is 2.72 bits per heavy atom. The highest BCUT2D eigenvalue weighted by molar-refractivity contribution is 7.13. The molecule has 3 aromatic rings. The second kappa shape index (κ2) is 9.45. The summed E-state index contributed by atoms with van der Waals surface area (Å²) in [7, 11) is 1.67. The van der Waals surface area contributed by atoms with E-state index < -0.39 is 0 Å². The van der Waals surface area contributed by atoms with Crippen molar-refractivity contribution in [2.45, 2.75) is 20.0 Å². The van der Waals surface area contributed by atoms with Crippen molar-refractivity contribution in [3.05, 3.63) is 76.4 Å². The van der Waals surface area contributed by atoms with Crippen molar-refractivity contribution in [2.75, 3.05) is 12.2 Å². The number of benzene rings is 1. The van der Waals surface area contributed by atoms with Crippen molar-refractivity contribution in [1.29, 1.82) is 0 Å². The Bertz CT molecular complexity index is 1030. The van der Waals surface area contributed by atoms with Gasteiger partial charge in [-0.25, -0.2) is 10.1 Å². The van der Waals surface area contributed by atoms with E-state index in [1.807, 2.05) is 48.7 Å². The normalized spacial score (nSPS) is 11.9. The zero-order valence-corrected chi connectivity index (χ0v) is 17.3. The van der Waals surface area contributed by atoms with Gasteiger partial charge >= 0.3 is 0 Å². The predicted molar refractivity (Wildman–Crippen MR) is 120 cm³/mol. The molecule has 7 heteroatoms. The van der Waals surface area contributed by atoms with Crippen LogP contribution in [-0.2, 0) is 13.1 Å². The third-order valence-electron chi connectivity index (χ3n) is 4.49. The van der Waals surface area contributed by atoms with E-state index in [4.69, 9.17) is 16.5 Å². The van der Waals surface area contributed by atoms with E-state index in [1.54, 1.807) is 30.7 Å². The summed E-state index contributed by atoms with van der Waals surface area (Å²) in [5.41, 5.74) is 16.6. The molecule has 0 saturated carbocycles. The molecule has 0 aliphatic rings. The third kappa shape index (κ3) is 4.88. The first kappa shape index (κ1) is 20.7. The van der Waals surface area contributed by atoms with E-state index in [0.29, 0.717) is 23.5 Å². The van der Waals surface area contributed by atoms with Crippen LogP contribution in [0.15, 0.2) is 59.0 Å². The number of thiophene rings is 1. The summed E-state index contributed by atoms with van der Waals surface area (Å²) < 4.78 is 15.1. The van der Waals surface area contributed by atoms with Crippen molar-refractivity contribution in [2.24, 2.45) is 16.5 Å². The predicted octanol–water partition coefficient (Wildman–Crippen LogP) is 4.47. The number of nitrogens with two attached hydrogens (primary N) is 2. The Balaban J connectivity index is 2.01. The van der Waals surface area contributed by atoms with Crippen LogP contribution in [0.25, 0.3) is 16.1 Å². The smallest absolute Gasteiger partial charge is 0.0812 e. The van der Waals surface area contributed by atoms with Crippen LogP contribution < -0.4 is 16.6 Å². The maximum absolute atomic E-state index is 15.1. The number of aromatic nitrogens is 1. The van der Waals surface area contributed by atoms with Gasteiger partial charge in [0.15, 0.2) is 0 Å². The number of pyridine rings is 1. The number of hydrogen-bond donors (Lipinski definition) is 2. The summed E-state index contributed by atoms with van der Waals surface area (Å²) in [5.74, 6) is 0. The van der Waals surface area contributed by atoms with Crippen LogP contribution in [0.1, 0.15) is 22.4 Å². The van der Waals surface area contributed by atoms with E-state index in [0.717, 1.165) is 32.4 Å². The second-order valence-corrected chi connectivity index (χ2v) is 7.53. The Kier molecular flexibility index (Phi) is 6.74. The number of aryl methyl sites for hydroxylation is 1. The van der Waals surface area contributed by atoms with Gasteiger partial charge in [0.2, 0.25) is 0 Å².